The van der Waals surface area contributed by atoms with Crippen molar-refractivity contribution in [3.8, 4) is 11.3 Å². The zero-order valence-electron chi connectivity index (χ0n) is 16.4. The number of carbonyl (C=O) groups excluding carboxylic acids is 1. The molecule has 0 N–H and O–H groups in total. The lowest BCUT2D eigenvalue weighted by atomic mass is 10.2. The number of hydrogen-bond donors (Lipinski definition) is 0. The molecule has 2 heterocycles. The van der Waals surface area contributed by atoms with E-state index in [1.165, 1.54) is 28.6 Å². The first-order valence-electron chi connectivity index (χ1n) is 9.50. The summed E-state index contributed by atoms with van der Waals surface area (Å²) in [6.07, 6.45) is 0. The van der Waals surface area contributed by atoms with Gasteiger partial charge in [0.05, 0.1) is 23.7 Å². The minimum atomic E-state index is -3.62. The second-order valence-electron chi connectivity index (χ2n) is 6.81. The molecule has 8 nitrogen and oxygen atoms in total. The summed E-state index contributed by atoms with van der Waals surface area (Å²) >= 11 is 5.88. The maximum Gasteiger partial charge on any atom is 0.338 e. The quantitative estimate of drug-likeness (QED) is 0.518. The fourth-order valence-corrected chi connectivity index (χ4v) is 4.59. The number of aromatic nitrogens is 1. The Balaban J connectivity index is 1.37. The standard InChI is InChI=1S/C21H19ClN2O6S/c22-17-5-1-15(2-6-17)20-13-18(23-30-20)14-29-21(25)16-3-7-19(8-4-16)31(26,27)24-9-11-28-12-10-24/h1-8,13H,9-12,14H2. The first-order valence-corrected chi connectivity index (χ1v) is 11.3. The topological polar surface area (TPSA) is 98.9 Å². The van der Waals surface area contributed by atoms with E-state index in [9.17, 15) is 13.2 Å². The average Bonchev–Trinajstić information content (AvgIpc) is 3.28. The van der Waals surface area contributed by atoms with Crippen LogP contribution >= 0.6 is 11.6 Å². The Kier molecular flexibility index (Phi) is 6.38. The van der Waals surface area contributed by atoms with E-state index in [2.05, 4.69) is 5.16 Å². The minimum absolute atomic E-state index is 0.0796. The number of halogens is 1. The van der Waals surface area contributed by atoms with Gasteiger partial charge in [-0.05, 0) is 48.5 Å². The van der Waals surface area contributed by atoms with Crippen molar-refractivity contribution < 1.29 is 27.2 Å². The Morgan fingerprint density at radius 2 is 1.74 bits per heavy atom. The third kappa shape index (κ3) is 4.96. The van der Waals surface area contributed by atoms with Crippen molar-refractivity contribution in [1.29, 1.82) is 0 Å². The van der Waals surface area contributed by atoms with Gasteiger partial charge in [-0.3, -0.25) is 0 Å². The van der Waals surface area contributed by atoms with Crippen LogP contribution in [0.25, 0.3) is 11.3 Å². The van der Waals surface area contributed by atoms with Gasteiger partial charge in [-0.1, -0.05) is 16.8 Å². The highest BCUT2D eigenvalue weighted by molar-refractivity contribution is 7.89. The minimum Gasteiger partial charge on any atom is -0.455 e. The molecule has 4 rings (SSSR count). The van der Waals surface area contributed by atoms with Gasteiger partial charge < -0.3 is 14.0 Å². The fourth-order valence-electron chi connectivity index (χ4n) is 3.05. The summed E-state index contributed by atoms with van der Waals surface area (Å²) in [5.74, 6) is -0.0632. The molecule has 1 aliphatic heterocycles. The molecular weight excluding hydrogens is 444 g/mol. The van der Waals surface area contributed by atoms with Gasteiger partial charge in [-0.15, -0.1) is 0 Å². The van der Waals surface area contributed by atoms with Crippen molar-refractivity contribution in [2.75, 3.05) is 26.3 Å². The number of carbonyl (C=O) groups is 1. The van der Waals surface area contributed by atoms with Gasteiger partial charge in [0.2, 0.25) is 10.0 Å². The predicted octanol–water partition coefficient (Wildman–Crippen LogP) is 3.37. The van der Waals surface area contributed by atoms with Crippen LogP contribution in [0.1, 0.15) is 16.1 Å². The Morgan fingerprint density at radius 3 is 2.42 bits per heavy atom. The highest BCUT2D eigenvalue weighted by Gasteiger charge is 2.26. The lowest BCUT2D eigenvalue weighted by Gasteiger charge is -2.26. The summed E-state index contributed by atoms with van der Waals surface area (Å²) in [5, 5.41) is 4.51. The molecule has 31 heavy (non-hydrogen) atoms. The largest absolute Gasteiger partial charge is 0.455 e. The molecule has 0 atom stereocenters. The Morgan fingerprint density at radius 1 is 1.06 bits per heavy atom. The van der Waals surface area contributed by atoms with Gasteiger partial charge in [-0.2, -0.15) is 4.31 Å². The van der Waals surface area contributed by atoms with Crippen LogP contribution in [0.15, 0.2) is 64.0 Å². The second kappa shape index (κ2) is 9.19. The molecule has 0 saturated carbocycles. The Bertz CT molecular complexity index is 1150. The van der Waals surface area contributed by atoms with Gasteiger partial charge in [0.15, 0.2) is 5.76 Å². The van der Waals surface area contributed by atoms with E-state index in [0.717, 1.165) is 5.56 Å². The third-order valence-corrected chi connectivity index (χ3v) is 6.90. The van der Waals surface area contributed by atoms with E-state index in [-0.39, 0.29) is 17.1 Å². The summed E-state index contributed by atoms with van der Waals surface area (Å²) in [4.78, 5) is 12.4. The molecule has 0 radical (unpaired) electrons. The molecule has 0 spiro atoms. The number of ether oxygens (including phenoxy) is 2. The van der Waals surface area contributed by atoms with Gasteiger partial charge in [0.1, 0.15) is 12.3 Å². The molecule has 3 aromatic rings. The van der Waals surface area contributed by atoms with Gasteiger partial charge in [0, 0.05) is 29.7 Å². The van der Waals surface area contributed by atoms with Crippen LogP contribution in [0.3, 0.4) is 0 Å². The zero-order valence-corrected chi connectivity index (χ0v) is 17.9. The third-order valence-electron chi connectivity index (χ3n) is 4.74. The maximum atomic E-state index is 12.6. The fraction of sp³-hybridized carbons (Fsp3) is 0.238. The van der Waals surface area contributed by atoms with Gasteiger partial charge in [0.25, 0.3) is 0 Å². The lowest BCUT2D eigenvalue weighted by Crippen LogP contribution is -2.40. The van der Waals surface area contributed by atoms with Crippen LogP contribution in [0.4, 0.5) is 0 Å². The number of esters is 1. The van der Waals surface area contributed by atoms with Crippen molar-refractivity contribution in [3.05, 3.63) is 70.9 Å². The molecule has 0 amide bonds. The number of benzene rings is 2. The van der Waals surface area contributed by atoms with Crippen LogP contribution < -0.4 is 0 Å². The van der Waals surface area contributed by atoms with Crippen molar-refractivity contribution in [2.24, 2.45) is 0 Å². The monoisotopic (exact) mass is 462 g/mol. The van der Waals surface area contributed by atoms with Crippen molar-refractivity contribution in [2.45, 2.75) is 11.5 Å². The summed E-state index contributed by atoms with van der Waals surface area (Å²) < 4.78 is 42.4. The van der Waals surface area contributed by atoms with Crippen LogP contribution in [0.2, 0.25) is 5.02 Å². The molecule has 0 unspecified atom stereocenters. The van der Waals surface area contributed by atoms with E-state index in [1.807, 2.05) is 0 Å². The lowest BCUT2D eigenvalue weighted by molar-refractivity contribution is 0.0464. The van der Waals surface area contributed by atoms with Gasteiger partial charge >= 0.3 is 5.97 Å². The number of hydrogen-bond acceptors (Lipinski definition) is 7. The molecule has 1 aliphatic rings. The maximum absolute atomic E-state index is 12.6. The first-order chi connectivity index (χ1) is 14.9. The Labute approximate surface area is 184 Å². The highest BCUT2D eigenvalue weighted by atomic mass is 35.5. The van der Waals surface area contributed by atoms with Crippen LogP contribution in [0.5, 0.6) is 0 Å². The molecule has 162 valence electrons. The smallest absolute Gasteiger partial charge is 0.338 e. The molecule has 1 fully saturated rings. The van der Waals surface area contributed by atoms with E-state index >= 15 is 0 Å². The Hall–Kier alpha value is -2.72. The van der Waals surface area contributed by atoms with Gasteiger partial charge in [-0.25, -0.2) is 13.2 Å². The average molecular weight is 463 g/mol. The van der Waals surface area contributed by atoms with E-state index < -0.39 is 16.0 Å². The van der Waals surface area contributed by atoms with Crippen molar-refractivity contribution in [3.63, 3.8) is 0 Å². The van der Waals surface area contributed by atoms with Crippen LogP contribution in [-0.4, -0.2) is 50.2 Å². The molecular formula is C21H19ClN2O6S. The summed E-state index contributed by atoms with van der Waals surface area (Å²) in [6.45, 7) is 1.27. The number of morpholine rings is 1. The summed E-state index contributed by atoms with van der Waals surface area (Å²) in [6, 6.07) is 14.4. The molecule has 0 bridgehead atoms. The van der Waals surface area contributed by atoms with Crippen molar-refractivity contribution >= 4 is 27.6 Å². The predicted molar refractivity (Wildman–Crippen MR) is 112 cm³/mol. The normalized spacial score (nSPS) is 15.0. The number of sulfonamides is 1. The molecule has 0 aliphatic carbocycles. The summed E-state index contributed by atoms with van der Waals surface area (Å²) in [7, 11) is -3.62. The van der Waals surface area contributed by atoms with Crippen LogP contribution in [0, 0.1) is 0 Å². The van der Waals surface area contributed by atoms with Crippen LogP contribution in [-0.2, 0) is 26.1 Å². The molecule has 1 aromatic heterocycles. The molecule has 10 heteroatoms. The van der Waals surface area contributed by atoms with E-state index in [1.54, 1.807) is 30.3 Å². The first kappa shape index (κ1) is 21.5. The highest BCUT2D eigenvalue weighted by Crippen LogP contribution is 2.23. The SMILES string of the molecule is O=C(OCc1cc(-c2ccc(Cl)cc2)on1)c1ccc(S(=O)(=O)N2CCOCC2)cc1. The molecule has 1 saturated heterocycles. The van der Waals surface area contributed by atoms with E-state index in [4.69, 9.17) is 25.6 Å². The van der Waals surface area contributed by atoms with Crippen molar-refractivity contribution in [1.82, 2.24) is 9.46 Å². The van der Waals surface area contributed by atoms with E-state index in [0.29, 0.717) is 42.8 Å². The summed E-state index contributed by atoms with van der Waals surface area (Å²) in [5.41, 5.74) is 1.48. The number of rotatable bonds is 6. The molecule has 2 aromatic carbocycles. The number of nitrogens with zero attached hydrogens (tertiary/aromatic N) is 2. The second-order valence-corrected chi connectivity index (χ2v) is 9.18. The zero-order chi connectivity index (χ0) is 21.8.